The number of aromatic nitrogens is 4. The number of rotatable bonds is 9. The number of aromatic amines is 1. The third-order valence-electron chi connectivity index (χ3n) is 8.54. The standard InChI is InChI=1S/C34H39F4N5O2/c1-18(7-8-21-9-13-26(35)25(16-21)34(36,37)38)15-28-30-31(43-42-28)29(39-17-40-30)20(3)41-27-14-12-22-19(2)23(10-11-24(22)27)32(44)45-33(4,5)6/h9-11,13,17-18,25,27,41H,3,7-8,12,14-16H2,1-2,4-6H3,(H,42,43)/t18-,25?,27+/m1/s1. The Morgan fingerprint density at radius 3 is 2.64 bits per heavy atom. The number of esters is 1. The van der Waals surface area contributed by atoms with Gasteiger partial charge in [-0.2, -0.15) is 18.3 Å². The van der Waals surface area contributed by atoms with E-state index in [9.17, 15) is 22.4 Å². The summed E-state index contributed by atoms with van der Waals surface area (Å²) in [5.74, 6) is -3.41. The maximum Gasteiger partial charge on any atom is 0.398 e. The smallest absolute Gasteiger partial charge is 0.398 e. The summed E-state index contributed by atoms with van der Waals surface area (Å²) in [6.07, 6.45) is 2.25. The molecule has 7 nitrogen and oxygen atoms in total. The van der Waals surface area contributed by atoms with Crippen LogP contribution in [0.15, 0.2) is 48.6 Å². The predicted molar refractivity (Wildman–Crippen MR) is 165 cm³/mol. The van der Waals surface area contributed by atoms with Crippen molar-refractivity contribution in [3.63, 3.8) is 0 Å². The van der Waals surface area contributed by atoms with E-state index in [0.717, 1.165) is 41.3 Å². The highest BCUT2D eigenvalue weighted by molar-refractivity contribution is 5.92. The van der Waals surface area contributed by atoms with Crippen molar-refractivity contribution in [3.8, 4) is 0 Å². The number of halogens is 4. The molecule has 0 fully saturated rings. The molecular formula is C34H39F4N5O2. The summed E-state index contributed by atoms with van der Waals surface area (Å²) in [6, 6.07) is 3.78. The van der Waals surface area contributed by atoms with Crippen LogP contribution in [0.3, 0.4) is 0 Å². The Morgan fingerprint density at radius 1 is 1.18 bits per heavy atom. The third kappa shape index (κ3) is 7.12. The molecule has 0 amide bonds. The first kappa shape index (κ1) is 32.4. The van der Waals surface area contributed by atoms with E-state index in [4.69, 9.17) is 4.74 Å². The highest BCUT2D eigenvalue weighted by atomic mass is 19.4. The van der Waals surface area contributed by atoms with Crippen LogP contribution < -0.4 is 5.32 Å². The van der Waals surface area contributed by atoms with Crippen LogP contribution in [-0.4, -0.2) is 37.9 Å². The quantitative estimate of drug-likeness (QED) is 0.184. The molecule has 3 atom stereocenters. The number of carbonyl (C=O) groups is 1. The van der Waals surface area contributed by atoms with Crippen molar-refractivity contribution in [1.29, 1.82) is 0 Å². The lowest BCUT2D eigenvalue weighted by molar-refractivity contribution is -0.168. The fourth-order valence-corrected chi connectivity index (χ4v) is 6.19. The number of hydrogen-bond acceptors (Lipinski definition) is 6. The van der Waals surface area contributed by atoms with Gasteiger partial charge < -0.3 is 10.1 Å². The molecule has 2 heterocycles. The average Bonchev–Trinajstić information content (AvgIpc) is 3.55. The lowest BCUT2D eigenvalue weighted by atomic mass is 9.88. The maximum absolute atomic E-state index is 13.7. The summed E-state index contributed by atoms with van der Waals surface area (Å²) in [5, 5.41) is 11.1. The number of allylic oxidation sites excluding steroid dienone is 4. The fraction of sp³-hybridized carbons (Fsp3) is 0.471. The van der Waals surface area contributed by atoms with E-state index in [1.54, 1.807) is 0 Å². The molecule has 0 spiro atoms. The van der Waals surface area contributed by atoms with Crippen LogP contribution in [-0.2, 0) is 17.6 Å². The molecule has 240 valence electrons. The summed E-state index contributed by atoms with van der Waals surface area (Å²) >= 11 is 0. The minimum absolute atomic E-state index is 0.0170. The Kier molecular flexibility index (Phi) is 8.92. The zero-order valence-corrected chi connectivity index (χ0v) is 26.2. The third-order valence-corrected chi connectivity index (χ3v) is 8.54. The average molecular weight is 626 g/mol. The molecular weight excluding hydrogens is 586 g/mol. The first-order chi connectivity index (χ1) is 21.1. The summed E-state index contributed by atoms with van der Waals surface area (Å²) in [7, 11) is 0. The maximum atomic E-state index is 13.7. The molecule has 0 saturated heterocycles. The van der Waals surface area contributed by atoms with Crippen molar-refractivity contribution in [1.82, 2.24) is 25.5 Å². The van der Waals surface area contributed by atoms with Crippen LogP contribution >= 0.6 is 0 Å². The van der Waals surface area contributed by atoms with E-state index in [2.05, 4.69) is 32.1 Å². The second-order valence-corrected chi connectivity index (χ2v) is 13.2. The Morgan fingerprint density at radius 2 is 1.93 bits per heavy atom. The summed E-state index contributed by atoms with van der Waals surface area (Å²) < 4.78 is 58.9. The summed E-state index contributed by atoms with van der Waals surface area (Å²) in [6.45, 7) is 13.8. The van der Waals surface area contributed by atoms with Gasteiger partial charge in [0, 0.05) is 0 Å². The zero-order chi connectivity index (χ0) is 32.7. The van der Waals surface area contributed by atoms with Gasteiger partial charge in [-0.1, -0.05) is 31.2 Å². The van der Waals surface area contributed by atoms with Gasteiger partial charge in [0.15, 0.2) is 0 Å². The van der Waals surface area contributed by atoms with E-state index in [0.29, 0.717) is 52.8 Å². The van der Waals surface area contributed by atoms with Crippen LogP contribution in [0, 0.1) is 18.8 Å². The molecule has 0 saturated carbocycles. The van der Waals surface area contributed by atoms with Gasteiger partial charge in [-0.25, -0.2) is 19.2 Å². The summed E-state index contributed by atoms with van der Waals surface area (Å²) in [5.41, 5.74) is 6.98. The molecule has 1 unspecified atom stereocenters. The highest BCUT2D eigenvalue weighted by Gasteiger charge is 2.43. The highest BCUT2D eigenvalue weighted by Crippen LogP contribution is 2.41. The molecule has 2 aliphatic rings. The molecule has 2 aromatic heterocycles. The van der Waals surface area contributed by atoms with Crippen molar-refractivity contribution in [2.75, 3.05) is 0 Å². The van der Waals surface area contributed by atoms with Crippen LogP contribution in [0.4, 0.5) is 17.6 Å². The number of nitrogens with zero attached hydrogens (tertiary/aromatic N) is 3. The van der Waals surface area contributed by atoms with Gasteiger partial charge >= 0.3 is 12.1 Å². The lowest BCUT2D eigenvalue weighted by Gasteiger charge is -2.23. The SMILES string of the molecule is C=C(N[C@H]1CCc2c1ccc(C(=O)OC(C)(C)C)c2C)c1ncnc2c(C[C@H](C)CCC3=CC=C(F)C(C(F)(F)F)C3)[nH]nc12. The van der Waals surface area contributed by atoms with Crippen LogP contribution in [0.1, 0.15) is 97.9 Å². The molecule has 0 bridgehead atoms. The number of carbonyl (C=O) groups excluding carboxylic acids is 1. The van der Waals surface area contributed by atoms with Gasteiger partial charge in [-0.05, 0) is 101 Å². The van der Waals surface area contributed by atoms with Gasteiger partial charge in [0.05, 0.1) is 23.0 Å². The van der Waals surface area contributed by atoms with E-state index in [1.165, 1.54) is 12.4 Å². The molecule has 1 aromatic carbocycles. The number of fused-ring (bicyclic) bond motifs is 2. The molecule has 45 heavy (non-hydrogen) atoms. The van der Waals surface area contributed by atoms with Crippen LogP contribution in [0.25, 0.3) is 16.7 Å². The summed E-state index contributed by atoms with van der Waals surface area (Å²) in [4.78, 5) is 21.7. The second kappa shape index (κ2) is 12.4. The number of nitrogens with one attached hydrogen (secondary N) is 2. The minimum atomic E-state index is -4.60. The number of hydrogen-bond donors (Lipinski definition) is 2. The van der Waals surface area contributed by atoms with Gasteiger partial charge in [0.1, 0.15) is 40.4 Å². The largest absolute Gasteiger partial charge is 0.456 e. The lowest BCUT2D eigenvalue weighted by Crippen LogP contribution is -2.25. The Hall–Kier alpha value is -4.02. The van der Waals surface area contributed by atoms with Gasteiger partial charge in [-0.3, -0.25) is 5.10 Å². The molecule has 11 heteroatoms. The zero-order valence-electron chi connectivity index (χ0n) is 26.2. The first-order valence-corrected chi connectivity index (χ1v) is 15.2. The molecule has 5 rings (SSSR count). The Labute approximate surface area is 260 Å². The van der Waals surface area contributed by atoms with Crippen molar-refractivity contribution < 1.29 is 27.1 Å². The molecule has 0 radical (unpaired) electrons. The van der Waals surface area contributed by atoms with Gasteiger partial charge in [-0.15, -0.1) is 0 Å². The fourth-order valence-electron chi connectivity index (χ4n) is 6.19. The van der Waals surface area contributed by atoms with Gasteiger partial charge in [0.2, 0.25) is 0 Å². The second-order valence-electron chi connectivity index (χ2n) is 13.2. The van der Waals surface area contributed by atoms with Crippen LogP contribution in [0.2, 0.25) is 0 Å². The van der Waals surface area contributed by atoms with Gasteiger partial charge in [0.25, 0.3) is 0 Å². The Bertz CT molecular complexity index is 1680. The van der Waals surface area contributed by atoms with E-state index in [1.807, 2.05) is 46.8 Å². The van der Waals surface area contributed by atoms with Crippen LogP contribution in [0.5, 0.6) is 0 Å². The van der Waals surface area contributed by atoms with Crippen molar-refractivity contribution >= 4 is 22.7 Å². The number of H-pyrrole nitrogens is 1. The van der Waals surface area contributed by atoms with E-state index < -0.39 is 23.5 Å². The van der Waals surface area contributed by atoms with Crippen molar-refractivity contribution in [3.05, 3.63) is 82.2 Å². The molecule has 3 aromatic rings. The molecule has 0 aliphatic heterocycles. The van der Waals surface area contributed by atoms with E-state index in [-0.39, 0.29) is 24.3 Å². The monoisotopic (exact) mass is 625 g/mol. The minimum Gasteiger partial charge on any atom is -0.456 e. The van der Waals surface area contributed by atoms with Crippen molar-refractivity contribution in [2.45, 2.75) is 91.0 Å². The van der Waals surface area contributed by atoms with E-state index >= 15 is 0 Å². The topological polar surface area (TPSA) is 92.8 Å². The Balaban J connectivity index is 1.24. The number of benzene rings is 1. The predicted octanol–water partition coefficient (Wildman–Crippen LogP) is 8.19. The molecule has 2 N–H and O–H groups in total. The first-order valence-electron chi connectivity index (χ1n) is 15.2. The number of alkyl halides is 3. The van der Waals surface area contributed by atoms with Crippen molar-refractivity contribution in [2.24, 2.45) is 11.8 Å². The normalized spacial score (nSPS) is 19.1. The number of ether oxygens (including phenoxy) is 1. The molecule has 2 aliphatic carbocycles.